The highest BCUT2D eigenvalue weighted by Crippen LogP contribution is 2.57. The minimum atomic E-state index is -2.10. The van der Waals surface area contributed by atoms with E-state index in [1.807, 2.05) is 0 Å². The maximum absolute atomic E-state index is 7.28. The number of anilines is 4. The first-order valence-corrected chi connectivity index (χ1v) is 18.7. The molecule has 1 fully saturated rings. The quantitative estimate of drug-likeness (QED) is 0.436. The van der Waals surface area contributed by atoms with E-state index in [-0.39, 0.29) is 5.04 Å². The third kappa shape index (κ3) is 3.82. The van der Waals surface area contributed by atoms with Crippen LogP contribution < -0.4 is 9.88 Å². The average Bonchev–Trinajstić information content (AvgIpc) is 3.14. The first-order valence-electron chi connectivity index (χ1n) is 12.8. The smallest absolute Gasteiger partial charge is 0.192 e. The number of allylic oxidation sites excluding steroid dienone is 4. The van der Waals surface area contributed by atoms with Crippen LogP contribution >= 0.6 is 0 Å². The molecule has 1 aliphatic heterocycles. The molecular formula is C29H40N2OSi2. The van der Waals surface area contributed by atoms with Gasteiger partial charge in [0.1, 0.15) is 0 Å². The van der Waals surface area contributed by atoms with Crippen molar-refractivity contribution in [2.75, 3.05) is 9.88 Å². The molecule has 3 aliphatic rings. The lowest BCUT2D eigenvalue weighted by molar-refractivity contribution is 0.181. The van der Waals surface area contributed by atoms with E-state index in [0.29, 0.717) is 23.5 Å². The Morgan fingerprint density at radius 3 is 2.00 bits per heavy atom. The molecule has 4 atom stereocenters. The third-order valence-electron chi connectivity index (χ3n) is 8.82. The number of rotatable bonds is 4. The molecule has 5 rings (SSSR count). The second-order valence-corrected chi connectivity index (χ2v) is 21.5. The minimum Gasteiger partial charge on any atom is -0.414 e. The fourth-order valence-electron chi connectivity index (χ4n) is 6.15. The predicted molar refractivity (Wildman–Crippen MR) is 151 cm³/mol. The lowest BCUT2D eigenvalue weighted by Gasteiger charge is -2.50. The van der Waals surface area contributed by atoms with Gasteiger partial charge in [-0.25, -0.2) is 0 Å². The normalized spacial score (nSPS) is 26.0. The monoisotopic (exact) mass is 488 g/mol. The van der Waals surface area contributed by atoms with Crippen LogP contribution in [0.2, 0.25) is 36.8 Å². The van der Waals surface area contributed by atoms with E-state index in [1.165, 1.54) is 22.7 Å². The molecule has 0 aromatic heterocycles. The molecule has 2 aromatic rings. The van der Waals surface area contributed by atoms with Crippen LogP contribution in [0.5, 0.6) is 0 Å². The number of hydrogen-bond acceptors (Lipinski definition) is 3. The SMILES string of the molecule is CC(C)(C)[Si](C)(C)O[C@@H]1C[C@@H]2C=CC=C[C@@H]2C1[Si](C)(C)N1c2ccccc2Nc2ccccc21. The van der Waals surface area contributed by atoms with Gasteiger partial charge in [0.2, 0.25) is 0 Å². The van der Waals surface area contributed by atoms with Crippen LogP contribution in [0.25, 0.3) is 0 Å². The summed E-state index contributed by atoms with van der Waals surface area (Å²) >= 11 is 0. The first-order chi connectivity index (χ1) is 16.0. The molecule has 34 heavy (non-hydrogen) atoms. The first kappa shape index (κ1) is 23.6. The van der Waals surface area contributed by atoms with Crippen molar-refractivity contribution in [3.05, 3.63) is 72.8 Å². The summed E-state index contributed by atoms with van der Waals surface area (Å²) in [5, 5.41) is 3.90. The molecule has 0 radical (unpaired) electrons. The van der Waals surface area contributed by atoms with E-state index in [4.69, 9.17) is 4.43 Å². The Kier molecular flexibility index (Phi) is 5.74. The van der Waals surface area contributed by atoms with Gasteiger partial charge in [-0.15, -0.1) is 0 Å². The Morgan fingerprint density at radius 1 is 0.853 bits per heavy atom. The molecule has 2 aromatic carbocycles. The average molecular weight is 489 g/mol. The Bertz CT molecular complexity index is 1090. The molecule has 1 heterocycles. The molecule has 0 saturated heterocycles. The number of benzene rings is 2. The molecule has 1 N–H and O–H groups in total. The Hall–Kier alpha value is -2.09. The molecular weight excluding hydrogens is 449 g/mol. The van der Waals surface area contributed by atoms with Gasteiger partial charge in [-0.3, -0.25) is 0 Å². The largest absolute Gasteiger partial charge is 0.414 e. The zero-order valence-corrected chi connectivity index (χ0v) is 23.8. The van der Waals surface area contributed by atoms with Crippen LogP contribution in [0.15, 0.2) is 72.8 Å². The van der Waals surface area contributed by atoms with E-state index in [1.54, 1.807) is 0 Å². The Labute approximate surface area is 208 Å². The third-order valence-corrected chi connectivity index (χ3v) is 17.3. The Morgan fingerprint density at radius 2 is 1.41 bits per heavy atom. The van der Waals surface area contributed by atoms with Crippen LogP contribution in [0.3, 0.4) is 0 Å². The summed E-state index contributed by atoms with van der Waals surface area (Å²) < 4.78 is 10.0. The maximum Gasteiger partial charge on any atom is 0.192 e. The van der Waals surface area contributed by atoms with Crippen LogP contribution in [0.1, 0.15) is 27.2 Å². The van der Waals surface area contributed by atoms with Gasteiger partial charge >= 0.3 is 0 Å². The van der Waals surface area contributed by atoms with Crippen LogP contribution in [-0.2, 0) is 4.43 Å². The fourth-order valence-corrected chi connectivity index (χ4v) is 12.0. The summed E-state index contributed by atoms with van der Waals surface area (Å²) in [5.41, 5.74) is 5.53. The van der Waals surface area contributed by atoms with E-state index < -0.39 is 16.6 Å². The lowest BCUT2D eigenvalue weighted by atomic mass is 9.92. The number of para-hydroxylation sites is 4. The molecule has 0 bridgehead atoms. The van der Waals surface area contributed by atoms with Gasteiger partial charge < -0.3 is 14.3 Å². The van der Waals surface area contributed by atoms with Gasteiger partial charge in [0.15, 0.2) is 16.6 Å². The van der Waals surface area contributed by atoms with Crippen molar-refractivity contribution >= 4 is 39.3 Å². The zero-order chi connectivity index (χ0) is 24.3. The van der Waals surface area contributed by atoms with Gasteiger partial charge in [-0.2, -0.15) is 0 Å². The highest BCUT2D eigenvalue weighted by molar-refractivity contribution is 6.84. The van der Waals surface area contributed by atoms with Gasteiger partial charge in [0.25, 0.3) is 0 Å². The topological polar surface area (TPSA) is 24.5 Å². The molecule has 2 aliphatic carbocycles. The molecule has 3 nitrogen and oxygen atoms in total. The van der Waals surface area contributed by atoms with E-state index in [2.05, 4.69) is 130 Å². The number of fused-ring (bicyclic) bond motifs is 3. The highest BCUT2D eigenvalue weighted by Gasteiger charge is 2.56. The molecule has 0 spiro atoms. The summed E-state index contributed by atoms with van der Waals surface area (Å²) in [7, 11) is -4.00. The van der Waals surface area contributed by atoms with Gasteiger partial charge in [-0.1, -0.05) is 82.4 Å². The lowest BCUT2D eigenvalue weighted by Crippen LogP contribution is -2.56. The number of nitrogens with zero attached hydrogens (tertiary/aromatic N) is 1. The molecule has 1 saturated carbocycles. The number of hydrogen-bond donors (Lipinski definition) is 1. The van der Waals surface area contributed by atoms with Crippen molar-refractivity contribution in [2.24, 2.45) is 11.8 Å². The van der Waals surface area contributed by atoms with E-state index in [0.717, 1.165) is 6.42 Å². The molecule has 0 amide bonds. The van der Waals surface area contributed by atoms with Gasteiger partial charge in [0, 0.05) is 11.6 Å². The van der Waals surface area contributed by atoms with Crippen molar-refractivity contribution in [3.63, 3.8) is 0 Å². The maximum atomic E-state index is 7.28. The summed E-state index contributed by atoms with van der Waals surface area (Å²) in [6.45, 7) is 17.1. The standard InChI is InChI=1S/C29H40N2OSi2/c1-29(2,3)34(6,7)32-27-20-21-14-8-9-15-22(21)28(27)33(4,5)31-25-18-12-10-16-23(25)30-24-17-11-13-19-26(24)31/h8-19,21-22,27-28,30H,20H2,1-7H3/t21-,22-,27+,28?/m0/s1. The summed E-state index contributed by atoms with van der Waals surface area (Å²) in [6, 6.07) is 17.6. The fraction of sp³-hybridized carbons (Fsp3) is 0.448. The van der Waals surface area contributed by atoms with Crippen molar-refractivity contribution in [1.82, 2.24) is 0 Å². The summed E-state index contributed by atoms with van der Waals surface area (Å²) in [5.74, 6) is 1.11. The minimum absolute atomic E-state index is 0.205. The van der Waals surface area contributed by atoms with Crippen molar-refractivity contribution in [1.29, 1.82) is 0 Å². The van der Waals surface area contributed by atoms with E-state index in [9.17, 15) is 0 Å². The zero-order valence-electron chi connectivity index (χ0n) is 21.8. The van der Waals surface area contributed by atoms with Crippen LogP contribution in [0.4, 0.5) is 22.7 Å². The molecule has 180 valence electrons. The summed E-state index contributed by atoms with van der Waals surface area (Å²) in [6.07, 6.45) is 10.9. The van der Waals surface area contributed by atoms with Crippen molar-refractivity contribution in [2.45, 2.75) is 70.1 Å². The number of nitrogens with one attached hydrogen (secondary N) is 1. The second-order valence-electron chi connectivity index (χ2n) is 12.3. The van der Waals surface area contributed by atoms with Gasteiger partial charge in [0.05, 0.1) is 22.7 Å². The van der Waals surface area contributed by atoms with Crippen molar-refractivity contribution in [3.8, 4) is 0 Å². The van der Waals surface area contributed by atoms with Crippen LogP contribution in [0, 0.1) is 11.8 Å². The summed E-state index contributed by atoms with van der Waals surface area (Å²) in [4.78, 5) is 0. The van der Waals surface area contributed by atoms with E-state index >= 15 is 0 Å². The molecule has 1 unspecified atom stereocenters. The predicted octanol–water partition coefficient (Wildman–Crippen LogP) is 8.61. The molecule has 5 heteroatoms. The second kappa shape index (κ2) is 8.25. The van der Waals surface area contributed by atoms with Crippen molar-refractivity contribution < 1.29 is 4.43 Å². The van der Waals surface area contributed by atoms with Gasteiger partial charge in [-0.05, 0) is 60.7 Å². The van der Waals surface area contributed by atoms with Crippen LogP contribution in [-0.4, -0.2) is 22.7 Å². The highest BCUT2D eigenvalue weighted by atomic mass is 28.4. The Balaban J connectivity index is 1.62.